The van der Waals surface area contributed by atoms with Gasteiger partial charge in [0.15, 0.2) is 0 Å². The minimum Gasteiger partial charge on any atom is -0.199 e. The summed E-state index contributed by atoms with van der Waals surface area (Å²) >= 11 is 0. The molecule has 0 aliphatic carbocycles. The van der Waals surface area contributed by atoms with Crippen molar-refractivity contribution < 1.29 is 20.1 Å². The van der Waals surface area contributed by atoms with E-state index in [0.717, 1.165) is 0 Å². The van der Waals surface area contributed by atoms with Crippen LogP contribution < -0.4 is 0 Å². The smallest absolute Gasteiger partial charge is 0.0587 e. The SMILES string of the molecule is CC#N.[Ir]. The van der Waals surface area contributed by atoms with Gasteiger partial charge in [0.05, 0.1) is 6.07 Å². The second-order valence-corrected chi connectivity index (χ2v) is 0.224. The molecule has 0 aromatic carbocycles. The number of hydrogen-bond donors (Lipinski definition) is 0. The fourth-order valence-corrected chi connectivity index (χ4v) is 0. The summed E-state index contributed by atoms with van der Waals surface area (Å²) in [5, 5.41) is 7.32. The van der Waals surface area contributed by atoms with Gasteiger partial charge in [-0.1, -0.05) is 0 Å². The molecule has 0 bridgehead atoms. The molecule has 0 aromatic heterocycles. The molecular formula is C2H3IrN. The van der Waals surface area contributed by atoms with Gasteiger partial charge in [-0.2, -0.15) is 5.26 Å². The molecule has 0 fully saturated rings. The zero-order valence-corrected chi connectivity index (χ0v) is 4.68. The van der Waals surface area contributed by atoms with Crippen LogP contribution in [-0.4, -0.2) is 0 Å². The van der Waals surface area contributed by atoms with Crippen LogP contribution >= 0.6 is 0 Å². The molecule has 25 valence electrons. The van der Waals surface area contributed by atoms with Gasteiger partial charge in [0.25, 0.3) is 0 Å². The third-order valence-corrected chi connectivity index (χ3v) is 0. The average molecular weight is 233 g/mol. The van der Waals surface area contributed by atoms with Crippen molar-refractivity contribution in [3.8, 4) is 6.07 Å². The normalized spacial score (nSPS) is 2.00. The van der Waals surface area contributed by atoms with E-state index in [-0.39, 0.29) is 20.1 Å². The van der Waals surface area contributed by atoms with E-state index < -0.39 is 0 Å². The van der Waals surface area contributed by atoms with E-state index >= 15 is 0 Å². The maximum Gasteiger partial charge on any atom is 0.0587 e. The average Bonchev–Trinajstić information content (AvgIpc) is 0.918. The molecule has 0 saturated heterocycles. The predicted octanol–water partition coefficient (Wildman–Crippen LogP) is 0.527. The molecule has 0 unspecified atom stereocenters. The van der Waals surface area contributed by atoms with Crippen LogP contribution in [0.4, 0.5) is 0 Å². The van der Waals surface area contributed by atoms with Crippen LogP contribution in [0.2, 0.25) is 0 Å². The molecule has 0 amide bonds. The van der Waals surface area contributed by atoms with Crippen molar-refractivity contribution in [2.45, 2.75) is 6.92 Å². The molecular weight excluding hydrogens is 230 g/mol. The first kappa shape index (κ1) is 8.91. The zero-order valence-electron chi connectivity index (χ0n) is 2.28. The van der Waals surface area contributed by atoms with Crippen molar-refractivity contribution in [1.82, 2.24) is 0 Å². The number of nitrogens with zero attached hydrogens (tertiary/aromatic N) is 1. The number of rotatable bonds is 0. The van der Waals surface area contributed by atoms with Crippen molar-refractivity contribution in [3.05, 3.63) is 0 Å². The van der Waals surface area contributed by atoms with Gasteiger partial charge >= 0.3 is 0 Å². The van der Waals surface area contributed by atoms with Crippen LogP contribution in [0.5, 0.6) is 0 Å². The summed E-state index contributed by atoms with van der Waals surface area (Å²) in [6.45, 7) is 1.43. The fourth-order valence-electron chi connectivity index (χ4n) is 0. The van der Waals surface area contributed by atoms with Crippen LogP contribution in [0.3, 0.4) is 0 Å². The Labute approximate surface area is 39.0 Å². The topological polar surface area (TPSA) is 23.8 Å². The van der Waals surface area contributed by atoms with Gasteiger partial charge in [-0.25, -0.2) is 0 Å². The Hall–Kier alpha value is 0.139. The maximum absolute atomic E-state index is 7.32. The molecule has 0 spiro atoms. The Morgan fingerprint density at radius 3 is 1.75 bits per heavy atom. The van der Waals surface area contributed by atoms with Gasteiger partial charge in [0.1, 0.15) is 0 Å². The molecule has 0 aliphatic rings. The Balaban J connectivity index is 0. The van der Waals surface area contributed by atoms with E-state index in [2.05, 4.69) is 0 Å². The van der Waals surface area contributed by atoms with Crippen LogP contribution in [-0.2, 0) is 20.1 Å². The van der Waals surface area contributed by atoms with Crippen LogP contribution in [0, 0.1) is 11.3 Å². The summed E-state index contributed by atoms with van der Waals surface area (Å²) < 4.78 is 0. The second kappa shape index (κ2) is 11.1. The quantitative estimate of drug-likeness (QED) is 0.598. The van der Waals surface area contributed by atoms with Gasteiger partial charge < -0.3 is 0 Å². The molecule has 0 rings (SSSR count). The fraction of sp³-hybridized carbons (Fsp3) is 0.500. The van der Waals surface area contributed by atoms with E-state index in [1.165, 1.54) is 6.92 Å². The molecule has 0 heterocycles. The molecule has 0 N–H and O–H groups in total. The summed E-state index contributed by atoms with van der Waals surface area (Å²) in [6.07, 6.45) is 0. The van der Waals surface area contributed by atoms with Crippen molar-refractivity contribution in [2.24, 2.45) is 0 Å². The van der Waals surface area contributed by atoms with Crippen LogP contribution in [0.25, 0.3) is 0 Å². The summed E-state index contributed by atoms with van der Waals surface area (Å²) in [6, 6.07) is 1.75. The molecule has 0 aliphatic heterocycles. The summed E-state index contributed by atoms with van der Waals surface area (Å²) in [7, 11) is 0. The summed E-state index contributed by atoms with van der Waals surface area (Å²) in [5.41, 5.74) is 0. The molecule has 0 aromatic rings. The standard InChI is InChI=1S/C2H3N.Ir/c1-2-3;/h1H3;. The van der Waals surface area contributed by atoms with Gasteiger partial charge in [0.2, 0.25) is 0 Å². The van der Waals surface area contributed by atoms with Crippen molar-refractivity contribution in [2.75, 3.05) is 0 Å². The molecule has 1 radical (unpaired) electrons. The van der Waals surface area contributed by atoms with Crippen molar-refractivity contribution in [1.29, 1.82) is 5.26 Å². The Bertz CT molecular complexity index is 27.5. The summed E-state index contributed by atoms with van der Waals surface area (Å²) in [5.74, 6) is 0. The molecule has 0 saturated carbocycles. The van der Waals surface area contributed by atoms with Gasteiger partial charge in [0, 0.05) is 27.0 Å². The van der Waals surface area contributed by atoms with Gasteiger partial charge in [-0.05, 0) is 0 Å². The molecule has 1 nitrogen and oxygen atoms in total. The monoisotopic (exact) mass is 234 g/mol. The van der Waals surface area contributed by atoms with Crippen LogP contribution in [0.15, 0.2) is 0 Å². The van der Waals surface area contributed by atoms with Crippen molar-refractivity contribution >= 4 is 0 Å². The van der Waals surface area contributed by atoms with Gasteiger partial charge in [-0.15, -0.1) is 0 Å². The van der Waals surface area contributed by atoms with E-state index in [0.29, 0.717) is 0 Å². The first-order chi connectivity index (χ1) is 1.41. The minimum atomic E-state index is 0. The first-order valence-corrected chi connectivity index (χ1v) is 0.724. The summed E-state index contributed by atoms with van der Waals surface area (Å²) in [4.78, 5) is 0. The largest absolute Gasteiger partial charge is 0.199 e. The third-order valence-electron chi connectivity index (χ3n) is 0. The van der Waals surface area contributed by atoms with E-state index in [1.54, 1.807) is 6.07 Å². The molecule has 4 heavy (non-hydrogen) atoms. The zero-order chi connectivity index (χ0) is 2.71. The molecule has 2 heteroatoms. The predicted molar refractivity (Wildman–Crippen MR) is 11.3 cm³/mol. The van der Waals surface area contributed by atoms with Crippen LogP contribution in [0.1, 0.15) is 6.92 Å². The van der Waals surface area contributed by atoms with Gasteiger partial charge in [-0.3, -0.25) is 0 Å². The third kappa shape index (κ3) is 143. The first-order valence-electron chi connectivity index (χ1n) is 0.724. The number of hydrogen-bond acceptors (Lipinski definition) is 1. The second-order valence-electron chi connectivity index (χ2n) is 0.224. The van der Waals surface area contributed by atoms with E-state index in [4.69, 9.17) is 5.26 Å². The Kier molecular flexibility index (Phi) is 24.7. The number of nitriles is 1. The molecule has 0 atom stereocenters. The van der Waals surface area contributed by atoms with Crippen molar-refractivity contribution in [3.63, 3.8) is 0 Å². The minimum absolute atomic E-state index is 0. The Morgan fingerprint density at radius 2 is 1.75 bits per heavy atom. The van der Waals surface area contributed by atoms with E-state index in [9.17, 15) is 0 Å². The maximum atomic E-state index is 7.32. The Morgan fingerprint density at radius 1 is 1.75 bits per heavy atom. The van der Waals surface area contributed by atoms with E-state index in [1.807, 2.05) is 0 Å².